The molecule has 1 aromatic carbocycles. The Morgan fingerprint density at radius 3 is 2.92 bits per heavy atom. The van der Waals surface area contributed by atoms with Crippen LogP contribution in [-0.4, -0.2) is 21.3 Å². The molecular formula is C19H18ClN3O. The molecule has 4 rings (SSSR count). The number of amides is 1. The molecule has 0 N–H and O–H groups in total. The van der Waals surface area contributed by atoms with Gasteiger partial charge in [0, 0.05) is 29.0 Å². The average molecular weight is 340 g/mol. The first-order valence-corrected chi connectivity index (χ1v) is 8.56. The highest BCUT2D eigenvalue weighted by Crippen LogP contribution is 2.33. The monoisotopic (exact) mass is 339 g/mol. The second-order valence-electron chi connectivity index (χ2n) is 6.19. The van der Waals surface area contributed by atoms with Crippen LogP contribution in [-0.2, 0) is 12.8 Å². The zero-order chi connectivity index (χ0) is 16.8. The minimum absolute atomic E-state index is 0.000813. The molecule has 122 valence electrons. The molecule has 0 bridgehead atoms. The number of para-hydroxylation sites is 1. The Hall–Kier alpha value is -2.33. The van der Waals surface area contributed by atoms with Crippen molar-refractivity contribution in [2.45, 2.75) is 32.7 Å². The van der Waals surface area contributed by atoms with E-state index in [1.165, 1.54) is 5.56 Å². The zero-order valence-corrected chi connectivity index (χ0v) is 14.4. The maximum atomic E-state index is 13.4. The molecule has 0 spiro atoms. The molecule has 24 heavy (non-hydrogen) atoms. The van der Waals surface area contributed by atoms with Crippen LogP contribution in [0.1, 0.15) is 35.6 Å². The predicted molar refractivity (Wildman–Crippen MR) is 96.0 cm³/mol. The number of benzene rings is 1. The van der Waals surface area contributed by atoms with Gasteiger partial charge in [0.2, 0.25) is 0 Å². The predicted octanol–water partition coefficient (Wildman–Crippen LogP) is 4.14. The number of hydrogen-bond acceptors (Lipinski definition) is 2. The highest BCUT2D eigenvalue weighted by Gasteiger charge is 2.33. The number of nitrogens with zero attached hydrogens (tertiary/aromatic N) is 3. The molecule has 5 heteroatoms. The van der Waals surface area contributed by atoms with E-state index >= 15 is 0 Å². The number of aromatic nitrogens is 2. The summed E-state index contributed by atoms with van der Waals surface area (Å²) < 4.78 is 1.85. The standard InChI is InChI=1S/C19H18ClN3O/c1-3-15-18(22-9-8-14(20)11-17(22)21-15)19(24)23-12(2)10-13-6-4-5-7-16(13)23/h4-9,11-12H,3,10H2,1-2H3. The van der Waals surface area contributed by atoms with E-state index in [9.17, 15) is 4.79 Å². The van der Waals surface area contributed by atoms with E-state index in [-0.39, 0.29) is 11.9 Å². The van der Waals surface area contributed by atoms with Gasteiger partial charge in [0.15, 0.2) is 0 Å². The number of carbonyl (C=O) groups excluding carboxylic acids is 1. The van der Waals surface area contributed by atoms with Crippen LogP contribution < -0.4 is 4.90 Å². The maximum absolute atomic E-state index is 13.4. The smallest absolute Gasteiger partial charge is 0.277 e. The summed E-state index contributed by atoms with van der Waals surface area (Å²) in [7, 11) is 0. The molecule has 3 heterocycles. The van der Waals surface area contributed by atoms with Crippen molar-refractivity contribution >= 4 is 28.8 Å². The largest absolute Gasteiger partial charge is 0.304 e. The number of rotatable bonds is 2. The number of fused-ring (bicyclic) bond motifs is 2. The van der Waals surface area contributed by atoms with Gasteiger partial charge >= 0.3 is 0 Å². The van der Waals surface area contributed by atoms with Gasteiger partial charge in [-0.15, -0.1) is 0 Å². The first kappa shape index (κ1) is 15.2. The third kappa shape index (κ3) is 2.21. The van der Waals surface area contributed by atoms with Crippen molar-refractivity contribution in [3.8, 4) is 0 Å². The van der Waals surface area contributed by atoms with Crippen molar-refractivity contribution in [3.05, 3.63) is 64.6 Å². The van der Waals surface area contributed by atoms with Crippen molar-refractivity contribution in [1.82, 2.24) is 9.38 Å². The van der Waals surface area contributed by atoms with Crippen LogP contribution in [0.15, 0.2) is 42.6 Å². The fourth-order valence-electron chi connectivity index (χ4n) is 3.53. The summed E-state index contributed by atoms with van der Waals surface area (Å²) in [4.78, 5) is 19.9. The van der Waals surface area contributed by atoms with Gasteiger partial charge < -0.3 is 4.90 Å². The number of hydrogen-bond donors (Lipinski definition) is 0. The lowest BCUT2D eigenvalue weighted by molar-refractivity contribution is 0.0975. The van der Waals surface area contributed by atoms with E-state index in [0.29, 0.717) is 22.8 Å². The van der Waals surface area contributed by atoms with E-state index in [1.54, 1.807) is 12.1 Å². The molecule has 2 aromatic heterocycles. The quantitative estimate of drug-likeness (QED) is 0.703. The van der Waals surface area contributed by atoms with Crippen molar-refractivity contribution in [1.29, 1.82) is 0 Å². The molecule has 0 aliphatic carbocycles. The minimum Gasteiger partial charge on any atom is -0.304 e. The topological polar surface area (TPSA) is 37.6 Å². The molecule has 0 saturated heterocycles. The highest BCUT2D eigenvalue weighted by molar-refractivity contribution is 6.30. The van der Waals surface area contributed by atoms with Gasteiger partial charge in [-0.3, -0.25) is 9.20 Å². The van der Waals surface area contributed by atoms with Crippen LogP contribution in [0.3, 0.4) is 0 Å². The highest BCUT2D eigenvalue weighted by atomic mass is 35.5. The van der Waals surface area contributed by atoms with Crippen LogP contribution >= 0.6 is 11.6 Å². The van der Waals surface area contributed by atoms with E-state index in [1.807, 2.05) is 40.6 Å². The Kier molecular flexibility index (Phi) is 3.57. The fourth-order valence-corrected chi connectivity index (χ4v) is 3.68. The first-order valence-electron chi connectivity index (χ1n) is 8.18. The van der Waals surface area contributed by atoms with Crippen molar-refractivity contribution in [2.75, 3.05) is 4.90 Å². The summed E-state index contributed by atoms with van der Waals surface area (Å²) in [5, 5.41) is 0.619. The summed E-state index contributed by atoms with van der Waals surface area (Å²) in [6.45, 7) is 4.10. The number of anilines is 1. The molecule has 1 unspecified atom stereocenters. The normalized spacial score (nSPS) is 16.6. The third-order valence-corrected chi connectivity index (χ3v) is 4.86. The number of aryl methyl sites for hydroxylation is 1. The summed E-state index contributed by atoms with van der Waals surface area (Å²) in [5.74, 6) is -0.000813. The number of pyridine rings is 1. The van der Waals surface area contributed by atoms with Crippen LogP contribution in [0.2, 0.25) is 5.02 Å². The first-order chi connectivity index (χ1) is 11.6. The van der Waals surface area contributed by atoms with Crippen molar-refractivity contribution in [2.24, 2.45) is 0 Å². The summed E-state index contributed by atoms with van der Waals surface area (Å²) in [5.41, 5.74) is 4.36. The van der Waals surface area contributed by atoms with Crippen LogP contribution in [0.4, 0.5) is 5.69 Å². The Balaban J connectivity index is 1.87. The third-order valence-electron chi connectivity index (χ3n) is 4.62. The van der Waals surface area contributed by atoms with Crippen molar-refractivity contribution in [3.63, 3.8) is 0 Å². The molecule has 3 aromatic rings. The average Bonchev–Trinajstić information content (AvgIpc) is 3.10. The molecule has 0 radical (unpaired) electrons. The molecule has 1 atom stereocenters. The van der Waals surface area contributed by atoms with Gasteiger partial charge in [0.1, 0.15) is 11.3 Å². The maximum Gasteiger partial charge on any atom is 0.277 e. The summed E-state index contributed by atoms with van der Waals surface area (Å²) >= 11 is 6.07. The van der Waals surface area contributed by atoms with Gasteiger partial charge in [0.05, 0.1) is 5.69 Å². The second-order valence-corrected chi connectivity index (χ2v) is 6.63. The number of imidazole rings is 1. The van der Waals surface area contributed by atoms with E-state index in [2.05, 4.69) is 18.0 Å². The Morgan fingerprint density at radius 1 is 1.33 bits per heavy atom. The SMILES string of the molecule is CCc1nc2cc(Cl)ccn2c1C(=O)N1c2ccccc2CC1C. The molecule has 1 amide bonds. The van der Waals surface area contributed by atoms with Gasteiger partial charge in [-0.05, 0) is 37.5 Å². The molecule has 1 aliphatic heterocycles. The van der Waals surface area contributed by atoms with Crippen LogP contribution in [0, 0.1) is 0 Å². The van der Waals surface area contributed by atoms with E-state index < -0.39 is 0 Å². The molecule has 1 aliphatic rings. The van der Waals surface area contributed by atoms with Gasteiger partial charge in [-0.25, -0.2) is 4.98 Å². The molecular weight excluding hydrogens is 322 g/mol. The summed E-state index contributed by atoms with van der Waals surface area (Å²) in [6, 6.07) is 11.8. The van der Waals surface area contributed by atoms with Crippen molar-refractivity contribution < 1.29 is 4.79 Å². The van der Waals surface area contributed by atoms with Gasteiger partial charge in [0.25, 0.3) is 5.91 Å². The lowest BCUT2D eigenvalue weighted by atomic mass is 10.1. The Bertz CT molecular complexity index is 947. The Labute approximate surface area is 145 Å². The summed E-state index contributed by atoms with van der Waals surface area (Å²) in [6.07, 6.45) is 3.40. The Morgan fingerprint density at radius 2 is 2.12 bits per heavy atom. The van der Waals surface area contributed by atoms with Gasteiger partial charge in [-0.1, -0.05) is 36.7 Å². The van der Waals surface area contributed by atoms with E-state index in [0.717, 1.165) is 17.8 Å². The molecule has 0 fully saturated rings. The van der Waals surface area contributed by atoms with Crippen LogP contribution in [0.5, 0.6) is 0 Å². The van der Waals surface area contributed by atoms with E-state index in [4.69, 9.17) is 11.6 Å². The second kappa shape index (κ2) is 5.64. The lowest BCUT2D eigenvalue weighted by Crippen LogP contribution is -2.37. The molecule has 0 saturated carbocycles. The minimum atomic E-state index is -0.000813. The fraction of sp³-hybridized carbons (Fsp3) is 0.263. The van der Waals surface area contributed by atoms with Crippen LogP contribution in [0.25, 0.3) is 5.65 Å². The number of carbonyl (C=O) groups is 1. The molecule has 4 nitrogen and oxygen atoms in total. The number of halogens is 1. The zero-order valence-electron chi connectivity index (χ0n) is 13.7. The lowest BCUT2D eigenvalue weighted by Gasteiger charge is -2.23. The van der Waals surface area contributed by atoms with Gasteiger partial charge in [-0.2, -0.15) is 0 Å².